The normalized spacial score (nSPS) is 24.9. The van der Waals surface area contributed by atoms with Gasteiger partial charge in [0.15, 0.2) is 0 Å². The van der Waals surface area contributed by atoms with Crippen LogP contribution in [-0.4, -0.2) is 25.5 Å². The molecule has 1 fully saturated rings. The van der Waals surface area contributed by atoms with Gasteiger partial charge in [-0.2, -0.15) is 5.10 Å². The standard InChI is InChI=1S/C15H21N3OS/c1-13(2)8-15(13,11-6-5-7-20-11)12-16-10-17-18(12)9-14(3,4)19/h5-7,10,19H,8-9H2,1-4H3. The maximum atomic E-state index is 10.1. The number of rotatable bonds is 4. The van der Waals surface area contributed by atoms with Gasteiger partial charge in [0.2, 0.25) is 0 Å². The van der Waals surface area contributed by atoms with Gasteiger partial charge < -0.3 is 5.11 Å². The van der Waals surface area contributed by atoms with Crippen molar-refractivity contribution in [2.45, 2.75) is 51.7 Å². The maximum Gasteiger partial charge on any atom is 0.139 e. The van der Waals surface area contributed by atoms with Crippen molar-refractivity contribution < 1.29 is 5.11 Å². The first-order chi connectivity index (χ1) is 9.26. The molecule has 2 aromatic heterocycles. The second-order valence-electron chi connectivity index (χ2n) is 7.00. The van der Waals surface area contributed by atoms with Crippen LogP contribution in [0.5, 0.6) is 0 Å². The van der Waals surface area contributed by atoms with Gasteiger partial charge in [0.25, 0.3) is 0 Å². The van der Waals surface area contributed by atoms with E-state index in [2.05, 4.69) is 41.4 Å². The average Bonchev–Trinajstić information content (AvgIpc) is 2.80. The van der Waals surface area contributed by atoms with Crippen molar-refractivity contribution in [1.82, 2.24) is 14.8 Å². The van der Waals surface area contributed by atoms with Gasteiger partial charge in [0, 0.05) is 4.88 Å². The zero-order valence-electron chi connectivity index (χ0n) is 12.4. The Balaban J connectivity index is 2.06. The Bertz CT molecular complexity index is 609. The second kappa shape index (κ2) is 4.15. The van der Waals surface area contributed by atoms with Gasteiger partial charge in [0.05, 0.1) is 17.6 Å². The van der Waals surface area contributed by atoms with E-state index in [-0.39, 0.29) is 10.8 Å². The quantitative estimate of drug-likeness (QED) is 0.942. The SMILES string of the molecule is CC(C)(O)Cn1ncnc1C1(c2cccs2)CC1(C)C. The Morgan fingerprint density at radius 3 is 2.65 bits per heavy atom. The van der Waals surface area contributed by atoms with Crippen LogP contribution in [0.2, 0.25) is 0 Å². The summed E-state index contributed by atoms with van der Waals surface area (Å²) in [7, 11) is 0. The van der Waals surface area contributed by atoms with E-state index < -0.39 is 5.60 Å². The van der Waals surface area contributed by atoms with Crippen LogP contribution in [-0.2, 0) is 12.0 Å². The molecule has 0 bridgehead atoms. The van der Waals surface area contributed by atoms with E-state index in [1.165, 1.54) is 4.88 Å². The van der Waals surface area contributed by atoms with E-state index in [4.69, 9.17) is 0 Å². The van der Waals surface area contributed by atoms with Crippen LogP contribution in [0.25, 0.3) is 0 Å². The van der Waals surface area contributed by atoms with Crippen LogP contribution < -0.4 is 0 Å². The van der Waals surface area contributed by atoms with Crippen molar-refractivity contribution in [1.29, 1.82) is 0 Å². The summed E-state index contributed by atoms with van der Waals surface area (Å²) in [5.74, 6) is 0.979. The Morgan fingerprint density at radius 2 is 2.15 bits per heavy atom. The lowest BCUT2D eigenvalue weighted by Crippen LogP contribution is -2.31. The summed E-state index contributed by atoms with van der Waals surface area (Å²) >= 11 is 1.78. The Kier molecular flexibility index (Phi) is 2.86. The van der Waals surface area contributed by atoms with E-state index in [1.54, 1.807) is 31.5 Å². The third-order valence-electron chi connectivity index (χ3n) is 4.21. The average molecular weight is 291 g/mol. The van der Waals surface area contributed by atoms with Gasteiger partial charge in [-0.25, -0.2) is 9.67 Å². The highest BCUT2D eigenvalue weighted by Gasteiger charge is 2.66. The van der Waals surface area contributed by atoms with E-state index in [9.17, 15) is 5.11 Å². The highest BCUT2D eigenvalue weighted by molar-refractivity contribution is 7.10. The first kappa shape index (κ1) is 13.8. The van der Waals surface area contributed by atoms with Crippen molar-refractivity contribution in [3.05, 3.63) is 34.5 Å². The Labute approximate surface area is 123 Å². The molecule has 1 aliphatic rings. The summed E-state index contributed by atoms with van der Waals surface area (Å²) in [5.41, 5.74) is -0.663. The molecule has 108 valence electrons. The fourth-order valence-electron chi connectivity index (χ4n) is 3.13. The topological polar surface area (TPSA) is 50.9 Å². The minimum absolute atomic E-state index is 0.0527. The van der Waals surface area contributed by atoms with Gasteiger partial charge in [0.1, 0.15) is 12.2 Å². The van der Waals surface area contributed by atoms with Crippen LogP contribution in [0.4, 0.5) is 0 Å². The number of nitrogens with zero attached hydrogens (tertiary/aromatic N) is 3. The van der Waals surface area contributed by atoms with Gasteiger partial charge in [-0.1, -0.05) is 19.9 Å². The molecule has 0 amide bonds. The largest absolute Gasteiger partial charge is 0.389 e. The van der Waals surface area contributed by atoms with Gasteiger partial charge in [-0.05, 0) is 37.1 Å². The molecule has 1 atom stereocenters. The lowest BCUT2D eigenvalue weighted by atomic mass is 9.93. The van der Waals surface area contributed by atoms with Gasteiger partial charge in [-0.3, -0.25) is 0 Å². The van der Waals surface area contributed by atoms with E-state index >= 15 is 0 Å². The second-order valence-corrected chi connectivity index (χ2v) is 7.94. The Morgan fingerprint density at radius 1 is 1.45 bits per heavy atom. The monoisotopic (exact) mass is 291 g/mol. The zero-order chi connectivity index (χ0) is 14.6. The van der Waals surface area contributed by atoms with Gasteiger partial charge >= 0.3 is 0 Å². The molecule has 1 aliphatic carbocycles. The number of hydrogen-bond acceptors (Lipinski definition) is 4. The van der Waals surface area contributed by atoms with Crippen LogP contribution in [0.3, 0.4) is 0 Å². The number of aromatic nitrogens is 3. The minimum Gasteiger partial charge on any atom is -0.389 e. The smallest absolute Gasteiger partial charge is 0.139 e. The molecule has 2 heterocycles. The van der Waals surface area contributed by atoms with E-state index in [0.717, 1.165) is 12.2 Å². The molecule has 0 aromatic carbocycles. The third kappa shape index (κ3) is 2.00. The summed E-state index contributed by atoms with van der Waals surface area (Å²) in [4.78, 5) is 5.87. The van der Waals surface area contributed by atoms with Crippen molar-refractivity contribution >= 4 is 11.3 Å². The summed E-state index contributed by atoms with van der Waals surface area (Å²) in [6.45, 7) is 8.61. The fraction of sp³-hybridized carbons (Fsp3) is 0.600. The predicted molar refractivity (Wildman–Crippen MR) is 79.8 cm³/mol. The highest BCUT2D eigenvalue weighted by Crippen LogP contribution is 2.68. The zero-order valence-corrected chi connectivity index (χ0v) is 13.2. The molecule has 2 aromatic rings. The van der Waals surface area contributed by atoms with Crippen LogP contribution in [0, 0.1) is 5.41 Å². The van der Waals surface area contributed by atoms with Crippen LogP contribution in [0.1, 0.15) is 44.8 Å². The molecule has 0 aliphatic heterocycles. The van der Waals surface area contributed by atoms with Gasteiger partial charge in [-0.15, -0.1) is 11.3 Å². The number of aliphatic hydroxyl groups is 1. The van der Waals surface area contributed by atoms with Crippen molar-refractivity contribution in [2.24, 2.45) is 5.41 Å². The number of hydrogen-bond donors (Lipinski definition) is 1. The molecule has 0 spiro atoms. The molecule has 4 nitrogen and oxygen atoms in total. The summed E-state index contributed by atoms with van der Waals surface area (Å²) in [6.07, 6.45) is 2.68. The van der Waals surface area contributed by atoms with Crippen molar-refractivity contribution in [3.8, 4) is 0 Å². The summed E-state index contributed by atoms with van der Waals surface area (Å²) in [6, 6.07) is 4.27. The molecule has 3 rings (SSSR count). The molecule has 20 heavy (non-hydrogen) atoms. The van der Waals surface area contributed by atoms with Crippen molar-refractivity contribution in [2.75, 3.05) is 0 Å². The first-order valence-corrected chi connectivity index (χ1v) is 7.79. The molecule has 1 unspecified atom stereocenters. The predicted octanol–water partition coefficient (Wildman–Crippen LogP) is 2.83. The highest BCUT2D eigenvalue weighted by atomic mass is 32.1. The van der Waals surface area contributed by atoms with E-state index in [0.29, 0.717) is 6.54 Å². The van der Waals surface area contributed by atoms with Crippen LogP contribution >= 0.6 is 11.3 Å². The molecule has 1 N–H and O–H groups in total. The third-order valence-corrected chi connectivity index (χ3v) is 5.24. The molecule has 0 radical (unpaired) electrons. The minimum atomic E-state index is -0.794. The maximum absolute atomic E-state index is 10.1. The molecule has 0 saturated heterocycles. The van der Waals surface area contributed by atoms with E-state index in [1.807, 2.05) is 4.68 Å². The first-order valence-electron chi connectivity index (χ1n) is 6.91. The van der Waals surface area contributed by atoms with Crippen molar-refractivity contribution in [3.63, 3.8) is 0 Å². The number of thiophene rings is 1. The van der Waals surface area contributed by atoms with Crippen LogP contribution in [0.15, 0.2) is 23.8 Å². The lowest BCUT2D eigenvalue weighted by molar-refractivity contribution is 0.0560. The molecular formula is C15H21N3OS. The molecular weight excluding hydrogens is 270 g/mol. The Hall–Kier alpha value is -1.20. The molecule has 1 saturated carbocycles. The fourth-order valence-corrected chi connectivity index (χ4v) is 4.23. The molecule has 5 heteroatoms. The summed E-state index contributed by atoms with van der Waals surface area (Å²) in [5, 5.41) is 16.5. The summed E-state index contributed by atoms with van der Waals surface area (Å²) < 4.78 is 1.87. The lowest BCUT2D eigenvalue weighted by Gasteiger charge is -2.23.